The van der Waals surface area contributed by atoms with Gasteiger partial charge < -0.3 is 10.6 Å². The molecule has 5 aromatic rings. The second-order valence-electron chi connectivity index (χ2n) is 8.16. The number of nitrogens with one attached hydrogen (secondary N) is 2. The van der Waals surface area contributed by atoms with Crippen molar-refractivity contribution in [3.63, 3.8) is 0 Å². The summed E-state index contributed by atoms with van der Waals surface area (Å²) < 4.78 is 56.9. The molecule has 0 aliphatic carbocycles. The molecule has 0 saturated carbocycles. The number of alkyl halides is 3. The lowest BCUT2D eigenvalue weighted by Crippen LogP contribution is -2.23. The molecule has 0 fully saturated rings. The number of carbonyl (C=O) groups is 2. The average molecular weight is 555 g/mol. The summed E-state index contributed by atoms with van der Waals surface area (Å²) in [5.74, 6) is -1.31. The van der Waals surface area contributed by atoms with Crippen LogP contribution in [0.15, 0.2) is 79.5 Å². The van der Waals surface area contributed by atoms with E-state index >= 15 is 4.39 Å². The van der Waals surface area contributed by atoms with Crippen molar-refractivity contribution in [3.05, 3.63) is 107 Å². The number of imidazole rings is 1. The Kier molecular flexibility index (Phi) is 6.71. The van der Waals surface area contributed by atoms with Crippen molar-refractivity contribution in [1.29, 1.82) is 0 Å². The van der Waals surface area contributed by atoms with E-state index in [1.165, 1.54) is 48.9 Å². The molecular formula is C26H15ClF4N6O2. The van der Waals surface area contributed by atoms with Crippen molar-refractivity contribution >= 4 is 45.8 Å². The third-order valence-electron chi connectivity index (χ3n) is 5.59. The molecule has 0 aliphatic heterocycles. The van der Waals surface area contributed by atoms with Crippen molar-refractivity contribution in [2.24, 2.45) is 0 Å². The Morgan fingerprint density at radius 3 is 2.49 bits per heavy atom. The number of fused-ring (bicyclic) bond motifs is 1. The lowest BCUT2D eigenvalue weighted by atomic mass is 10.0. The molecule has 3 aromatic carbocycles. The van der Waals surface area contributed by atoms with Crippen LogP contribution in [0.2, 0.25) is 5.02 Å². The Hall–Kier alpha value is -4.84. The molecule has 0 aliphatic rings. The summed E-state index contributed by atoms with van der Waals surface area (Å²) in [4.78, 5) is 38.3. The summed E-state index contributed by atoms with van der Waals surface area (Å²) >= 11 is 5.65. The molecule has 2 amide bonds. The largest absolute Gasteiger partial charge is 0.418 e. The van der Waals surface area contributed by atoms with E-state index in [9.17, 15) is 22.8 Å². The van der Waals surface area contributed by atoms with Gasteiger partial charge >= 0.3 is 12.2 Å². The Bertz CT molecular complexity index is 1720. The van der Waals surface area contributed by atoms with Gasteiger partial charge in [-0.2, -0.15) is 13.2 Å². The van der Waals surface area contributed by atoms with E-state index in [-0.39, 0.29) is 16.1 Å². The monoisotopic (exact) mass is 554 g/mol. The molecule has 0 unspecified atom stereocenters. The third kappa shape index (κ3) is 5.41. The number of benzene rings is 3. The van der Waals surface area contributed by atoms with E-state index in [4.69, 9.17) is 11.6 Å². The molecule has 2 N–H and O–H groups in total. The van der Waals surface area contributed by atoms with Gasteiger partial charge in [-0.3, -0.25) is 14.3 Å². The normalized spacial score (nSPS) is 11.4. The number of nitrogens with zero attached hydrogens (tertiary/aromatic N) is 4. The minimum atomic E-state index is -4.80. The molecule has 2 aromatic heterocycles. The van der Waals surface area contributed by atoms with Crippen molar-refractivity contribution < 1.29 is 27.2 Å². The molecule has 2 heterocycles. The first kappa shape index (κ1) is 25.8. The Balaban J connectivity index is 1.39. The SMILES string of the molecule is O=C(Nc1ccc(Cl)cc1C(F)(F)F)Nc1cccc(C(=O)c2ccc3ncc(-n4ccnc4)nc3c2)c1F. The minimum absolute atomic E-state index is 0.107. The summed E-state index contributed by atoms with van der Waals surface area (Å²) in [5, 5.41) is 4.00. The van der Waals surface area contributed by atoms with Crippen LogP contribution in [0, 0.1) is 5.82 Å². The number of halogens is 5. The van der Waals surface area contributed by atoms with Crippen LogP contribution >= 0.6 is 11.6 Å². The van der Waals surface area contributed by atoms with Gasteiger partial charge in [-0.05, 0) is 48.5 Å². The molecule has 39 heavy (non-hydrogen) atoms. The zero-order valence-electron chi connectivity index (χ0n) is 19.5. The number of carbonyl (C=O) groups excluding carboxylic acids is 2. The molecule has 8 nitrogen and oxygen atoms in total. The molecule has 5 rings (SSSR count). The van der Waals surface area contributed by atoms with E-state index in [0.29, 0.717) is 22.9 Å². The predicted molar refractivity (Wildman–Crippen MR) is 136 cm³/mol. The number of urea groups is 1. The fourth-order valence-electron chi connectivity index (χ4n) is 3.76. The fraction of sp³-hybridized carbons (Fsp3) is 0.0385. The Morgan fingerprint density at radius 1 is 0.949 bits per heavy atom. The number of amides is 2. The number of aromatic nitrogens is 4. The zero-order chi connectivity index (χ0) is 27.7. The summed E-state index contributed by atoms with van der Waals surface area (Å²) in [6, 6.07) is 9.83. The summed E-state index contributed by atoms with van der Waals surface area (Å²) in [5.41, 5.74) is -1.55. The van der Waals surface area contributed by atoms with Crippen LogP contribution in [0.25, 0.3) is 16.9 Å². The second kappa shape index (κ2) is 10.1. The van der Waals surface area contributed by atoms with E-state index in [0.717, 1.165) is 6.07 Å². The van der Waals surface area contributed by atoms with Gasteiger partial charge in [-0.1, -0.05) is 17.7 Å². The molecule has 0 spiro atoms. The highest BCUT2D eigenvalue weighted by Gasteiger charge is 2.34. The summed E-state index contributed by atoms with van der Waals surface area (Å²) in [7, 11) is 0. The van der Waals surface area contributed by atoms with Gasteiger partial charge in [0.25, 0.3) is 0 Å². The predicted octanol–water partition coefficient (Wildman–Crippen LogP) is 6.50. The molecule has 13 heteroatoms. The highest BCUT2D eigenvalue weighted by Crippen LogP contribution is 2.36. The first-order valence-electron chi connectivity index (χ1n) is 11.1. The van der Waals surface area contributed by atoms with Gasteiger partial charge in [0, 0.05) is 23.0 Å². The summed E-state index contributed by atoms with van der Waals surface area (Å²) in [6.45, 7) is 0. The smallest absolute Gasteiger partial charge is 0.307 e. The first-order valence-corrected chi connectivity index (χ1v) is 11.5. The van der Waals surface area contributed by atoms with Crippen LogP contribution in [0.1, 0.15) is 21.5 Å². The first-order chi connectivity index (χ1) is 18.6. The van der Waals surface area contributed by atoms with Gasteiger partial charge in [0.15, 0.2) is 17.4 Å². The van der Waals surface area contributed by atoms with Gasteiger partial charge in [-0.15, -0.1) is 0 Å². The van der Waals surface area contributed by atoms with Gasteiger partial charge in [0.1, 0.15) is 6.33 Å². The van der Waals surface area contributed by atoms with Gasteiger partial charge in [0.2, 0.25) is 0 Å². The number of rotatable bonds is 5. The average Bonchev–Trinajstić information content (AvgIpc) is 3.44. The second-order valence-corrected chi connectivity index (χ2v) is 8.60. The van der Waals surface area contributed by atoms with Crippen LogP contribution in [0.4, 0.5) is 33.7 Å². The third-order valence-corrected chi connectivity index (χ3v) is 5.82. The number of hydrogen-bond donors (Lipinski definition) is 2. The molecule has 0 atom stereocenters. The molecule has 196 valence electrons. The van der Waals surface area contributed by atoms with E-state index in [1.54, 1.807) is 23.0 Å². The van der Waals surface area contributed by atoms with E-state index in [2.05, 4.69) is 20.3 Å². The van der Waals surface area contributed by atoms with Crippen LogP contribution < -0.4 is 10.6 Å². The fourth-order valence-corrected chi connectivity index (χ4v) is 3.93. The summed E-state index contributed by atoms with van der Waals surface area (Å²) in [6.07, 6.45) is 1.51. The molecular weight excluding hydrogens is 540 g/mol. The van der Waals surface area contributed by atoms with Gasteiger partial charge in [-0.25, -0.2) is 19.2 Å². The maximum atomic E-state index is 15.3. The molecule has 0 bridgehead atoms. The highest BCUT2D eigenvalue weighted by atomic mass is 35.5. The quantitative estimate of drug-likeness (QED) is 0.191. The number of ketones is 1. The van der Waals surface area contributed by atoms with E-state index in [1.807, 2.05) is 5.32 Å². The molecule has 0 saturated heterocycles. The standard InChI is InChI=1S/C26H15ClF4N6O2/c27-15-5-7-18(17(11-15)26(29,30)31)35-25(39)36-20-3-1-2-16(23(20)28)24(38)14-4-6-19-21(10-14)34-22(12-33-19)37-9-8-32-13-37/h1-13H,(H2,35,36,39). The maximum Gasteiger partial charge on any atom is 0.418 e. The molecule has 0 radical (unpaired) electrons. The van der Waals surface area contributed by atoms with Crippen molar-refractivity contribution in [2.75, 3.05) is 10.6 Å². The zero-order valence-corrected chi connectivity index (χ0v) is 20.3. The minimum Gasteiger partial charge on any atom is -0.307 e. The topological polar surface area (TPSA) is 102 Å². The number of anilines is 2. The highest BCUT2D eigenvalue weighted by molar-refractivity contribution is 6.30. The van der Waals surface area contributed by atoms with E-state index < -0.39 is 40.7 Å². The lowest BCUT2D eigenvalue weighted by molar-refractivity contribution is -0.136. The van der Waals surface area contributed by atoms with Crippen LogP contribution in [-0.4, -0.2) is 31.3 Å². The van der Waals surface area contributed by atoms with Crippen molar-refractivity contribution in [1.82, 2.24) is 19.5 Å². The van der Waals surface area contributed by atoms with Crippen LogP contribution in [0.5, 0.6) is 0 Å². The Morgan fingerprint density at radius 2 is 1.74 bits per heavy atom. The van der Waals surface area contributed by atoms with Gasteiger partial charge in [0.05, 0.1) is 39.7 Å². The number of hydrogen-bond acceptors (Lipinski definition) is 5. The van der Waals surface area contributed by atoms with Crippen LogP contribution in [0.3, 0.4) is 0 Å². The maximum absolute atomic E-state index is 15.3. The van der Waals surface area contributed by atoms with Crippen LogP contribution in [-0.2, 0) is 6.18 Å². The Labute approximate surface area is 222 Å². The lowest BCUT2D eigenvalue weighted by Gasteiger charge is -2.15. The van der Waals surface area contributed by atoms with Crippen molar-refractivity contribution in [2.45, 2.75) is 6.18 Å². The van der Waals surface area contributed by atoms with Crippen molar-refractivity contribution in [3.8, 4) is 5.82 Å².